The summed E-state index contributed by atoms with van der Waals surface area (Å²) in [5.41, 5.74) is 7.25. The average molecular weight is 284 g/mol. The van der Waals surface area contributed by atoms with Gasteiger partial charge in [-0.2, -0.15) is 0 Å². The molecule has 1 saturated heterocycles. The van der Waals surface area contributed by atoms with Gasteiger partial charge in [-0.25, -0.2) is 4.98 Å². The zero-order valence-electron chi connectivity index (χ0n) is 12.7. The number of piperidine rings is 1. The monoisotopic (exact) mass is 284 g/mol. The fourth-order valence-electron chi connectivity index (χ4n) is 3.14. The van der Waals surface area contributed by atoms with Crippen LogP contribution in [0.25, 0.3) is 5.69 Å². The van der Waals surface area contributed by atoms with Gasteiger partial charge in [-0.3, -0.25) is 4.90 Å². The van der Waals surface area contributed by atoms with Crippen LogP contribution in [0.5, 0.6) is 0 Å². The quantitative estimate of drug-likeness (QED) is 0.938. The topological polar surface area (TPSA) is 47.1 Å². The van der Waals surface area contributed by atoms with Gasteiger partial charge in [-0.1, -0.05) is 18.2 Å². The first-order valence-corrected chi connectivity index (χ1v) is 7.79. The number of nitrogens with two attached hydrogens (primary N) is 1. The number of nitrogens with zero attached hydrogens (tertiary/aromatic N) is 3. The lowest BCUT2D eigenvalue weighted by molar-refractivity contribution is 0.150. The second-order valence-electron chi connectivity index (χ2n) is 6.05. The van der Waals surface area contributed by atoms with E-state index in [1.54, 1.807) is 0 Å². The number of hydrogen-bond donors (Lipinski definition) is 1. The molecule has 1 aromatic heterocycles. The van der Waals surface area contributed by atoms with Crippen LogP contribution < -0.4 is 5.73 Å². The van der Waals surface area contributed by atoms with Crippen LogP contribution in [0.4, 0.5) is 0 Å². The van der Waals surface area contributed by atoms with Crippen LogP contribution in [0, 0.1) is 5.92 Å². The molecule has 2 N–H and O–H groups in total. The molecule has 0 spiro atoms. The van der Waals surface area contributed by atoms with E-state index in [1.165, 1.54) is 18.5 Å². The molecule has 4 nitrogen and oxygen atoms in total. The van der Waals surface area contributed by atoms with Crippen LogP contribution in [0.2, 0.25) is 0 Å². The van der Waals surface area contributed by atoms with Gasteiger partial charge in [0.2, 0.25) is 0 Å². The van der Waals surface area contributed by atoms with Gasteiger partial charge >= 0.3 is 0 Å². The summed E-state index contributed by atoms with van der Waals surface area (Å²) in [4.78, 5) is 7.03. The summed E-state index contributed by atoms with van der Waals surface area (Å²) < 4.78 is 2.18. The molecular weight excluding hydrogens is 260 g/mol. The van der Waals surface area contributed by atoms with Crippen molar-refractivity contribution in [1.29, 1.82) is 0 Å². The van der Waals surface area contributed by atoms with E-state index >= 15 is 0 Å². The van der Waals surface area contributed by atoms with Crippen LogP contribution in [0.3, 0.4) is 0 Å². The van der Waals surface area contributed by atoms with Crippen LogP contribution in [0.15, 0.2) is 42.7 Å². The molecule has 2 atom stereocenters. The minimum atomic E-state index is 0.279. The Morgan fingerprint density at radius 1 is 1.33 bits per heavy atom. The summed E-state index contributed by atoms with van der Waals surface area (Å²) in [7, 11) is 0. The normalized spacial score (nSPS) is 21.3. The molecule has 2 heterocycles. The van der Waals surface area contributed by atoms with Crippen molar-refractivity contribution < 1.29 is 0 Å². The maximum absolute atomic E-state index is 6.08. The van der Waals surface area contributed by atoms with Crippen molar-refractivity contribution in [2.45, 2.75) is 32.4 Å². The number of aromatic nitrogens is 2. The van der Waals surface area contributed by atoms with E-state index in [-0.39, 0.29) is 6.04 Å². The van der Waals surface area contributed by atoms with Gasteiger partial charge in [0.1, 0.15) is 5.82 Å². The minimum absolute atomic E-state index is 0.279. The van der Waals surface area contributed by atoms with Crippen molar-refractivity contribution >= 4 is 0 Å². The lowest BCUT2D eigenvalue weighted by Crippen LogP contribution is -2.42. The zero-order valence-corrected chi connectivity index (χ0v) is 12.7. The van der Waals surface area contributed by atoms with Gasteiger partial charge in [-0.05, 0) is 44.4 Å². The van der Waals surface area contributed by atoms with Crippen molar-refractivity contribution in [2.75, 3.05) is 13.1 Å². The molecule has 3 rings (SSSR count). The number of likely N-dealkylation sites (tertiary alicyclic amines) is 1. The highest BCUT2D eigenvalue weighted by molar-refractivity contribution is 5.32. The van der Waals surface area contributed by atoms with Crippen LogP contribution >= 0.6 is 0 Å². The zero-order chi connectivity index (χ0) is 14.7. The Morgan fingerprint density at radius 2 is 2.14 bits per heavy atom. The van der Waals surface area contributed by atoms with Gasteiger partial charge in [0.25, 0.3) is 0 Å². The predicted molar refractivity (Wildman–Crippen MR) is 85.2 cm³/mol. The smallest absolute Gasteiger partial charge is 0.127 e. The molecule has 4 heteroatoms. The average Bonchev–Trinajstić information content (AvgIpc) is 2.96. The molecule has 0 aliphatic carbocycles. The summed E-state index contributed by atoms with van der Waals surface area (Å²) in [5, 5.41) is 0. The SMILES string of the molecule is CC(N)C1CCCN(Cc2nccn2-c2ccccc2)C1. The van der Waals surface area contributed by atoms with E-state index in [9.17, 15) is 0 Å². The van der Waals surface area contributed by atoms with E-state index < -0.39 is 0 Å². The summed E-state index contributed by atoms with van der Waals surface area (Å²) in [5.74, 6) is 1.71. The molecule has 2 unspecified atom stereocenters. The summed E-state index contributed by atoms with van der Waals surface area (Å²) >= 11 is 0. The van der Waals surface area contributed by atoms with Crippen molar-refractivity contribution in [1.82, 2.24) is 14.5 Å². The van der Waals surface area contributed by atoms with Crippen LogP contribution in [0.1, 0.15) is 25.6 Å². The molecule has 112 valence electrons. The van der Waals surface area contributed by atoms with Crippen molar-refractivity contribution in [3.63, 3.8) is 0 Å². The number of hydrogen-bond acceptors (Lipinski definition) is 3. The Bertz CT molecular complexity index is 561. The lowest BCUT2D eigenvalue weighted by Gasteiger charge is -2.34. The molecule has 21 heavy (non-hydrogen) atoms. The van der Waals surface area contributed by atoms with E-state index in [0.29, 0.717) is 5.92 Å². The fraction of sp³-hybridized carbons (Fsp3) is 0.471. The molecule has 1 aliphatic rings. The van der Waals surface area contributed by atoms with Crippen molar-refractivity contribution in [3.8, 4) is 5.69 Å². The van der Waals surface area contributed by atoms with Gasteiger partial charge in [0, 0.05) is 30.7 Å². The highest BCUT2D eigenvalue weighted by Gasteiger charge is 2.23. The number of benzene rings is 1. The van der Waals surface area contributed by atoms with E-state index in [0.717, 1.165) is 25.5 Å². The highest BCUT2D eigenvalue weighted by atomic mass is 15.2. The third kappa shape index (κ3) is 3.34. The second kappa shape index (κ2) is 6.41. The molecule has 1 aromatic carbocycles. The fourth-order valence-corrected chi connectivity index (χ4v) is 3.14. The Kier molecular flexibility index (Phi) is 4.36. The van der Waals surface area contributed by atoms with Crippen molar-refractivity contribution in [2.24, 2.45) is 11.7 Å². The number of para-hydroxylation sites is 1. The standard InChI is InChI=1S/C17H24N4/c1-14(18)15-6-5-10-20(12-15)13-17-19-9-11-21(17)16-7-3-2-4-8-16/h2-4,7-9,11,14-15H,5-6,10,12-13,18H2,1H3. The maximum atomic E-state index is 6.08. The molecule has 0 amide bonds. The van der Waals surface area contributed by atoms with Crippen LogP contribution in [-0.2, 0) is 6.54 Å². The molecule has 2 aromatic rings. The molecule has 0 bridgehead atoms. The Hall–Kier alpha value is -1.65. The first-order valence-electron chi connectivity index (χ1n) is 7.79. The first kappa shape index (κ1) is 14.3. The third-order valence-corrected chi connectivity index (χ3v) is 4.40. The Labute approximate surface area is 126 Å². The molecule has 1 fully saturated rings. The van der Waals surface area contributed by atoms with E-state index in [4.69, 9.17) is 5.73 Å². The maximum Gasteiger partial charge on any atom is 0.127 e. The molecule has 0 radical (unpaired) electrons. The minimum Gasteiger partial charge on any atom is -0.328 e. The summed E-state index contributed by atoms with van der Waals surface area (Å²) in [6.45, 7) is 5.24. The van der Waals surface area contributed by atoms with Crippen molar-refractivity contribution in [3.05, 3.63) is 48.5 Å². The van der Waals surface area contributed by atoms with Gasteiger partial charge in [-0.15, -0.1) is 0 Å². The summed E-state index contributed by atoms with van der Waals surface area (Å²) in [6.07, 6.45) is 6.41. The van der Waals surface area contributed by atoms with Gasteiger partial charge in [0.05, 0.1) is 6.54 Å². The largest absolute Gasteiger partial charge is 0.328 e. The van der Waals surface area contributed by atoms with Gasteiger partial charge < -0.3 is 10.3 Å². The second-order valence-corrected chi connectivity index (χ2v) is 6.05. The first-order chi connectivity index (χ1) is 10.2. The highest BCUT2D eigenvalue weighted by Crippen LogP contribution is 2.21. The van der Waals surface area contributed by atoms with E-state index in [2.05, 4.69) is 45.6 Å². The molecule has 0 saturated carbocycles. The van der Waals surface area contributed by atoms with Crippen LogP contribution in [-0.4, -0.2) is 33.6 Å². The van der Waals surface area contributed by atoms with Gasteiger partial charge in [0.15, 0.2) is 0 Å². The lowest BCUT2D eigenvalue weighted by atomic mass is 9.92. The number of imidazole rings is 1. The Morgan fingerprint density at radius 3 is 2.90 bits per heavy atom. The predicted octanol–water partition coefficient (Wildman–Crippen LogP) is 2.43. The Balaban J connectivity index is 1.73. The molecular formula is C17H24N4. The third-order valence-electron chi connectivity index (χ3n) is 4.40. The summed E-state index contributed by atoms with van der Waals surface area (Å²) in [6, 6.07) is 10.7. The molecule has 1 aliphatic heterocycles. The van der Waals surface area contributed by atoms with E-state index in [1.807, 2.05) is 18.5 Å². The number of rotatable bonds is 4.